The van der Waals surface area contributed by atoms with Gasteiger partial charge in [0.1, 0.15) is 5.65 Å². The van der Waals surface area contributed by atoms with Crippen molar-refractivity contribution in [3.05, 3.63) is 29.6 Å². The minimum Gasteiger partial charge on any atom is -0.343 e. The van der Waals surface area contributed by atoms with Gasteiger partial charge in [-0.05, 0) is 13.0 Å². The van der Waals surface area contributed by atoms with E-state index in [0.29, 0.717) is 5.65 Å². The molecule has 2 aromatic rings. The fourth-order valence-electron chi connectivity index (χ4n) is 1.15. The first-order valence-electron chi connectivity index (χ1n) is 3.48. The molecule has 12 heavy (non-hydrogen) atoms. The lowest BCUT2D eigenvalue weighted by molar-refractivity contribution is 0.513. The Morgan fingerprint density at radius 2 is 2.17 bits per heavy atom. The molecule has 2 nitrogen and oxygen atoms in total. The zero-order chi connectivity index (χ0) is 8.72. The average Bonchev–Trinajstić information content (AvgIpc) is 2.39. The predicted octanol–water partition coefficient (Wildman–Crippen LogP) is 2.15. The number of rotatable bonds is 0. The first kappa shape index (κ1) is 7.21. The van der Waals surface area contributed by atoms with Gasteiger partial charge < -0.3 is 4.98 Å². The van der Waals surface area contributed by atoms with Gasteiger partial charge in [-0.15, -0.1) is 0 Å². The lowest BCUT2D eigenvalue weighted by atomic mass is 10.3. The second-order valence-electron chi connectivity index (χ2n) is 2.63. The van der Waals surface area contributed by atoms with E-state index in [1.807, 2.05) is 0 Å². The van der Waals surface area contributed by atoms with Crippen molar-refractivity contribution in [1.82, 2.24) is 9.97 Å². The maximum absolute atomic E-state index is 13.0. The second-order valence-corrected chi connectivity index (χ2v) is 2.63. The number of aryl methyl sites for hydroxylation is 1. The van der Waals surface area contributed by atoms with Gasteiger partial charge in [-0.2, -0.15) is 0 Å². The molecule has 0 fully saturated rings. The summed E-state index contributed by atoms with van der Waals surface area (Å²) in [6, 6.07) is 1.53. The molecule has 0 amide bonds. The van der Waals surface area contributed by atoms with Crippen LogP contribution < -0.4 is 0 Å². The van der Waals surface area contributed by atoms with Crippen LogP contribution in [0.3, 0.4) is 0 Å². The minimum absolute atomic E-state index is 0.201. The lowest BCUT2D eigenvalue weighted by Gasteiger charge is -1.91. The summed E-state index contributed by atoms with van der Waals surface area (Å²) in [6.45, 7) is 1.76. The van der Waals surface area contributed by atoms with Gasteiger partial charge in [0.2, 0.25) is 0 Å². The number of halogens is 2. The number of fused-ring (bicyclic) bond motifs is 1. The van der Waals surface area contributed by atoms with Gasteiger partial charge in [0, 0.05) is 5.69 Å². The summed E-state index contributed by atoms with van der Waals surface area (Å²) < 4.78 is 25.6. The van der Waals surface area contributed by atoms with Crippen molar-refractivity contribution in [3.8, 4) is 0 Å². The zero-order valence-corrected chi connectivity index (χ0v) is 6.36. The topological polar surface area (TPSA) is 28.7 Å². The standard InChI is InChI=1S/C8H6F2N2/c1-4-2-5-7(10)6(9)3-11-8(5)12-4/h2-3H,1H3,(H,11,12). The number of pyridine rings is 1. The van der Waals surface area contributed by atoms with E-state index in [-0.39, 0.29) is 5.39 Å². The molecule has 2 aromatic heterocycles. The lowest BCUT2D eigenvalue weighted by Crippen LogP contribution is -1.86. The highest BCUT2D eigenvalue weighted by Gasteiger charge is 2.09. The van der Waals surface area contributed by atoms with Crippen LogP contribution >= 0.6 is 0 Å². The maximum Gasteiger partial charge on any atom is 0.177 e. The van der Waals surface area contributed by atoms with Crippen LogP contribution in [-0.2, 0) is 0 Å². The Labute approximate surface area is 67.2 Å². The summed E-state index contributed by atoms with van der Waals surface area (Å²) in [4.78, 5) is 6.50. The molecule has 4 heteroatoms. The normalized spacial score (nSPS) is 10.9. The van der Waals surface area contributed by atoms with Crippen LogP contribution in [0.5, 0.6) is 0 Å². The van der Waals surface area contributed by atoms with Crippen molar-refractivity contribution >= 4 is 11.0 Å². The minimum atomic E-state index is -0.915. The van der Waals surface area contributed by atoms with Gasteiger partial charge >= 0.3 is 0 Å². The van der Waals surface area contributed by atoms with Crippen LogP contribution in [0.4, 0.5) is 8.78 Å². The molecule has 2 heterocycles. The third-order valence-electron chi connectivity index (χ3n) is 1.68. The van der Waals surface area contributed by atoms with Crippen LogP contribution in [0, 0.1) is 18.6 Å². The van der Waals surface area contributed by atoms with Gasteiger partial charge in [0.25, 0.3) is 0 Å². The zero-order valence-electron chi connectivity index (χ0n) is 6.36. The number of aromatic nitrogens is 2. The molecule has 0 spiro atoms. The van der Waals surface area contributed by atoms with E-state index in [9.17, 15) is 8.78 Å². The summed E-state index contributed by atoms with van der Waals surface area (Å²) in [5.41, 5.74) is 1.15. The fraction of sp³-hybridized carbons (Fsp3) is 0.125. The molecular formula is C8H6F2N2. The van der Waals surface area contributed by atoms with Crippen molar-refractivity contribution in [1.29, 1.82) is 0 Å². The summed E-state index contributed by atoms with van der Waals surface area (Å²) in [5.74, 6) is -1.76. The molecule has 0 saturated heterocycles. The third kappa shape index (κ3) is 0.879. The van der Waals surface area contributed by atoms with Gasteiger partial charge in [-0.1, -0.05) is 0 Å². The number of nitrogens with zero attached hydrogens (tertiary/aromatic N) is 1. The summed E-state index contributed by atoms with van der Waals surface area (Å²) in [5, 5.41) is 0.201. The maximum atomic E-state index is 13.0. The molecule has 62 valence electrons. The van der Waals surface area contributed by atoms with E-state index in [2.05, 4.69) is 9.97 Å². The monoisotopic (exact) mass is 168 g/mol. The van der Waals surface area contributed by atoms with Gasteiger partial charge in [0.05, 0.1) is 11.6 Å². The highest BCUT2D eigenvalue weighted by molar-refractivity contribution is 5.77. The molecule has 1 N–H and O–H groups in total. The molecule has 0 saturated carbocycles. The van der Waals surface area contributed by atoms with Gasteiger partial charge in [-0.3, -0.25) is 0 Å². The predicted molar refractivity (Wildman–Crippen MR) is 40.7 cm³/mol. The van der Waals surface area contributed by atoms with Crippen LogP contribution in [0.15, 0.2) is 12.3 Å². The molecule has 0 aliphatic carbocycles. The van der Waals surface area contributed by atoms with E-state index < -0.39 is 11.6 Å². The molecule has 0 aromatic carbocycles. The Balaban J connectivity index is 2.89. The quantitative estimate of drug-likeness (QED) is 0.641. The first-order valence-corrected chi connectivity index (χ1v) is 3.48. The molecule has 2 rings (SSSR count). The molecule has 0 radical (unpaired) electrons. The highest BCUT2D eigenvalue weighted by Crippen LogP contribution is 2.18. The summed E-state index contributed by atoms with van der Waals surface area (Å²) in [7, 11) is 0. The summed E-state index contributed by atoms with van der Waals surface area (Å²) in [6.07, 6.45) is 0.869. The van der Waals surface area contributed by atoms with E-state index in [1.54, 1.807) is 6.92 Å². The third-order valence-corrected chi connectivity index (χ3v) is 1.68. The van der Waals surface area contributed by atoms with Crippen molar-refractivity contribution in [2.75, 3.05) is 0 Å². The Morgan fingerprint density at radius 1 is 1.42 bits per heavy atom. The summed E-state index contributed by atoms with van der Waals surface area (Å²) >= 11 is 0. The number of aromatic amines is 1. The number of nitrogens with one attached hydrogen (secondary N) is 1. The number of H-pyrrole nitrogens is 1. The molecule has 0 aliphatic rings. The van der Waals surface area contributed by atoms with Crippen molar-refractivity contribution in [2.45, 2.75) is 6.92 Å². The Morgan fingerprint density at radius 3 is 2.92 bits per heavy atom. The van der Waals surface area contributed by atoms with Crippen molar-refractivity contribution in [2.24, 2.45) is 0 Å². The van der Waals surface area contributed by atoms with E-state index in [1.165, 1.54) is 6.07 Å². The van der Waals surface area contributed by atoms with E-state index in [0.717, 1.165) is 11.9 Å². The Kier molecular flexibility index (Phi) is 1.36. The van der Waals surface area contributed by atoms with Crippen LogP contribution in [0.2, 0.25) is 0 Å². The van der Waals surface area contributed by atoms with Crippen molar-refractivity contribution < 1.29 is 8.78 Å². The smallest absolute Gasteiger partial charge is 0.177 e. The van der Waals surface area contributed by atoms with E-state index >= 15 is 0 Å². The Hall–Kier alpha value is -1.45. The molecule has 0 bridgehead atoms. The second kappa shape index (κ2) is 2.27. The molecule has 0 atom stereocenters. The SMILES string of the molecule is Cc1cc2c(F)c(F)cnc2[nH]1. The van der Waals surface area contributed by atoms with Gasteiger partial charge in [-0.25, -0.2) is 13.8 Å². The van der Waals surface area contributed by atoms with Gasteiger partial charge in [0.15, 0.2) is 11.6 Å². The van der Waals surface area contributed by atoms with Crippen LogP contribution in [0.25, 0.3) is 11.0 Å². The van der Waals surface area contributed by atoms with Crippen LogP contribution in [-0.4, -0.2) is 9.97 Å². The first-order chi connectivity index (χ1) is 5.68. The van der Waals surface area contributed by atoms with Crippen molar-refractivity contribution in [3.63, 3.8) is 0 Å². The highest BCUT2D eigenvalue weighted by atomic mass is 19.2. The van der Waals surface area contributed by atoms with Crippen LogP contribution in [0.1, 0.15) is 5.69 Å². The molecule has 0 aliphatic heterocycles. The Bertz CT molecular complexity index is 434. The number of hydrogen-bond donors (Lipinski definition) is 1. The largest absolute Gasteiger partial charge is 0.343 e. The molecule has 0 unspecified atom stereocenters. The molecular weight excluding hydrogens is 162 g/mol. The number of hydrogen-bond acceptors (Lipinski definition) is 1. The van der Waals surface area contributed by atoms with E-state index in [4.69, 9.17) is 0 Å². The fourth-order valence-corrected chi connectivity index (χ4v) is 1.15. The average molecular weight is 168 g/mol.